The largest absolute Gasteiger partial charge is 0.304 e. The zero-order valence-corrected chi connectivity index (χ0v) is 13.3. The number of anilines is 1. The fourth-order valence-electron chi connectivity index (χ4n) is 2.11. The molecule has 0 fully saturated rings. The summed E-state index contributed by atoms with van der Waals surface area (Å²) in [6.07, 6.45) is 0.610. The van der Waals surface area contributed by atoms with Gasteiger partial charge >= 0.3 is 0 Å². The maximum absolute atomic E-state index is 12.2. The molecule has 3 aromatic rings. The van der Waals surface area contributed by atoms with E-state index in [1.807, 2.05) is 6.92 Å². The number of nitrogens with one attached hydrogen (secondary N) is 2. The third-order valence-electron chi connectivity index (χ3n) is 3.28. The van der Waals surface area contributed by atoms with Crippen molar-refractivity contribution in [3.63, 3.8) is 0 Å². The second kappa shape index (κ2) is 6.54. The minimum Gasteiger partial charge on any atom is -0.304 e. The molecule has 0 saturated carbocycles. The van der Waals surface area contributed by atoms with Crippen LogP contribution >= 0.6 is 11.5 Å². The highest BCUT2D eigenvalue weighted by Gasteiger charge is 2.17. The van der Waals surface area contributed by atoms with E-state index in [2.05, 4.69) is 25.1 Å². The summed E-state index contributed by atoms with van der Waals surface area (Å²) >= 11 is 1.02. The van der Waals surface area contributed by atoms with Crippen molar-refractivity contribution in [2.45, 2.75) is 13.3 Å². The molecule has 10 heteroatoms. The minimum atomic E-state index is -0.467. The van der Waals surface area contributed by atoms with E-state index in [1.54, 1.807) is 18.2 Å². The smallest absolute Gasteiger partial charge is 0.270 e. The lowest BCUT2D eigenvalue weighted by molar-refractivity contribution is -0.384. The topological polar surface area (TPSA) is 127 Å². The van der Waals surface area contributed by atoms with E-state index in [0.717, 1.165) is 11.5 Å². The fourth-order valence-corrected chi connectivity index (χ4v) is 2.75. The summed E-state index contributed by atoms with van der Waals surface area (Å²) in [5.74, 6) is -0.0177. The predicted octanol–water partition coefficient (Wildman–Crippen LogP) is 2.65. The van der Waals surface area contributed by atoms with Crippen molar-refractivity contribution in [2.24, 2.45) is 0 Å². The lowest BCUT2D eigenvalue weighted by atomic mass is 10.1. The molecule has 1 aromatic carbocycles. The van der Waals surface area contributed by atoms with Crippen LogP contribution in [-0.4, -0.2) is 30.6 Å². The van der Waals surface area contributed by atoms with Crippen LogP contribution in [0.15, 0.2) is 30.3 Å². The molecule has 0 aliphatic heterocycles. The number of rotatable bonds is 5. The number of carbonyl (C=O) groups excluding carboxylic acids is 1. The molecule has 0 atom stereocenters. The first-order chi connectivity index (χ1) is 11.6. The Morgan fingerprint density at radius 1 is 1.42 bits per heavy atom. The molecule has 0 saturated heterocycles. The normalized spacial score (nSPS) is 10.5. The quantitative estimate of drug-likeness (QED) is 0.541. The number of hydrogen-bond acceptors (Lipinski definition) is 7. The summed E-state index contributed by atoms with van der Waals surface area (Å²) in [5, 5.41) is 24.2. The molecule has 0 radical (unpaired) electrons. The van der Waals surface area contributed by atoms with Gasteiger partial charge < -0.3 is 5.32 Å². The highest BCUT2D eigenvalue weighted by Crippen LogP contribution is 2.24. The average Bonchev–Trinajstić information content (AvgIpc) is 3.23. The van der Waals surface area contributed by atoms with Crippen molar-refractivity contribution in [2.75, 3.05) is 5.32 Å². The van der Waals surface area contributed by atoms with Crippen LogP contribution in [0.5, 0.6) is 0 Å². The van der Waals surface area contributed by atoms with Crippen molar-refractivity contribution in [3.05, 3.63) is 51.0 Å². The van der Waals surface area contributed by atoms with Crippen molar-refractivity contribution >= 4 is 28.9 Å². The Bertz CT molecular complexity index is 903. The van der Waals surface area contributed by atoms with Gasteiger partial charge in [-0.25, -0.2) is 0 Å². The molecule has 1 amide bonds. The van der Waals surface area contributed by atoms with E-state index in [1.165, 1.54) is 12.1 Å². The number of nitro groups is 1. The Kier molecular flexibility index (Phi) is 4.29. The summed E-state index contributed by atoms with van der Waals surface area (Å²) in [6.45, 7) is 1.89. The van der Waals surface area contributed by atoms with E-state index < -0.39 is 4.92 Å². The van der Waals surface area contributed by atoms with E-state index >= 15 is 0 Å². The van der Waals surface area contributed by atoms with Gasteiger partial charge in [-0.3, -0.25) is 20.0 Å². The van der Waals surface area contributed by atoms with Gasteiger partial charge in [0.2, 0.25) is 0 Å². The Morgan fingerprint density at radius 3 is 3.00 bits per heavy atom. The average molecular weight is 344 g/mol. The number of benzene rings is 1. The summed E-state index contributed by atoms with van der Waals surface area (Å²) < 4.78 is 3.77. The lowest BCUT2D eigenvalue weighted by Crippen LogP contribution is -2.12. The van der Waals surface area contributed by atoms with Gasteiger partial charge in [-0.15, -0.1) is 5.10 Å². The van der Waals surface area contributed by atoms with Gasteiger partial charge in [0.15, 0.2) is 5.82 Å². The van der Waals surface area contributed by atoms with Gasteiger partial charge in [0, 0.05) is 23.8 Å². The number of non-ortho nitro benzene ring substituents is 1. The minimum absolute atomic E-state index is 0.0176. The van der Waals surface area contributed by atoms with Crippen LogP contribution in [0, 0.1) is 10.1 Å². The zero-order valence-electron chi connectivity index (χ0n) is 12.5. The highest BCUT2D eigenvalue weighted by atomic mass is 32.1. The number of carbonyl (C=O) groups is 1. The van der Waals surface area contributed by atoms with E-state index in [9.17, 15) is 14.9 Å². The predicted molar refractivity (Wildman–Crippen MR) is 87.9 cm³/mol. The lowest BCUT2D eigenvalue weighted by Gasteiger charge is -1.99. The molecule has 2 N–H and O–H groups in total. The number of nitro benzene ring substituents is 1. The molecule has 0 spiro atoms. The van der Waals surface area contributed by atoms with Gasteiger partial charge in [0.1, 0.15) is 4.88 Å². The molecule has 2 aromatic heterocycles. The maximum Gasteiger partial charge on any atom is 0.270 e. The van der Waals surface area contributed by atoms with Gasteiger partial charge in [-0.05, 0) is 18.0 Å². The molecule has 122 valence electrons. The molecule has 0 aliphatic carbocycles. The number of aromatic amines is 1. The van der Waals surface area contributed by atoms with Gasteiger partial charge in [-0.2, -0.15) is 5.10 Å². The summed E-state index contributed by atoms with van der Waals surface area (Å²) in [7, 11) is 0. The number of nitrogens with zero attached hydrogens (tertiary/aromatic N) is 4. The van der Waals surface area contributed by atoms with Crippen LogP contribution in [0.25, 0.3) is 11.3 Å². The Balaban J connectivity index is 1.80. The Morgan fingerprint density at radius 2 is 2.25 bits per heavy atom. The molecule has 0 aliphatic rings. The maximum atomic E-state index is 12.2. The molecule has 24 heavy (non-hydrogen) atoms. The summed E-state index contributed by atoms with van der Waals surface area (Å²) in [4.78, 5) is 23.0. The van der Waals surface area contributed by atoms with Crippen LogP contribution in [0.1, 0.15) is 22.3 Å². The van der Waals surface area contributed by atoms with Crippen LogP contribution in [0.4, 0.5) is 11.5 Å². The first kappa shape index (κ1) is 15.7. The second-order valence-electron chi connectivity index (χ2n) is 4.83. The molecule has 9 nitrogen and oxygen atoms in total. The molecular weight excluding hydrogens is 332 g/mol. The van der Waals surface area contributed by atoms with Gasteiger partial charge in [0.25, 0.3) is 11.6 Å². The second-order valence-corrected chi connectivity index (χ2v) is 5.58. The van der Waals surface area contributed by atoms with E-state index in [4.69, 9.17) is 0 Å². The third-order valence-corrected chi connectivity index (χ3v) is 4.05. The van der Waals surface area contributed by atoms with Crippen LogP contribution < -0.4 is 5.32 Å². The van der Waals surface area contributed by atoms with Crippen molar-refractivity contribution in [3.8, 4) is 11.3 Å². The van der Waals surface area contributed by atoms with Gasteiger partial charge in [-0.1, -0.05) is 23.5 Å². The van der Waals surface area contributed by atoms with Crippen LogP contribution in [0.3, 0.4) is 0 Å². The van der Waals surface area contributed by atoms with Crippen molar-refractivity contribution in [1.82, 2.24) is 19.8 Å². The summed E-state index contributed by atoms with van der Waals surface area (Å²) in [6, 6.07) is 7.75. The molecule has 3 rings (SSSR count). The van der Waals surface area contributed by atoms with Crippen LogP contribution in [-0.2, 0) is 6.42 Å². The van der Waals surface area contributed by atoms with Crippen molar-refractivity contribution < 1.29 is 9.72 Å². The third kappa shape index (κ3) is 3.13. The van der Waals surface area contributed by atoms with E-state index in [-0.39, 0.29) is 11.6 Å². The highest BCUT2D eigenvalue weighted by molar-refractivity contribution is 7.08. The first-order valence-electron chi connectivity index (χ1n) is 7.01. The number of aromatic nitrogens is 4. The van der Waals surface area contributed by atoms with Crippen LogP contribution in [0.2, 0.25) is 0 Å². The molecular formula is C14H12N6O3S. The van der Waals surface area contributed by atoms with E-state index in [0.29, 0.717) is 34.1 Å². The number of H-pyrrole nitrogens is 1. The fraction of sp³-hybridized carbons (Fsp3) is 0.143. The van der Waals surface area contributed by atoms with Gasteiger partial charge in [0.05, 0.1) is 16.3 Å². The molecule has 0 bridgehead atoms. The van der Waals surface area contributed by atoms with Crippen molar-refractivity contribution in [1.29, 1.82) is 0 Å². The Labute approximate surface area is 140 Å². The summed E-state index contributed by atoms with van der Waals surface area (Å²) in [5.41, 5.74) is 1.78. The molecule has 0 unspecified atom stereocenters. The first-order valence-corrected chi connectivity index (χ1v) is 7.78. The number of hydrogen-bond donors (Lipinski definition) is 2. The number of amides is 1. The SMILES string of the molecule is CCc1nnsc1C(=O)Nc1cc(-c2cccc([N+](=O)[O-])c2)[nH]n1. The monoisotopic (exact) mass is 344 g/mol. The Hall–Kier alpha value is -3.14. The number of aryl methyl sites for hydroxylation is 1. The standard InChI is InChI=1S/C14H12N6O3S/c1-2-10-13(24-19-17-10)14(21)15-12-7-11(16-18-12)8-4-3-5-9(6-8)20(22)23/h3-7H,2H2,1H3,(H2,15,16,18,21). The molecule has 2 heterocycles. The zero-order chi connectivity index (χ0) is 17.1.